The predicted octanol–water partition coefficient (Wildman–Crippen LogP) is 3.31. The first-order valence-electron chi connectivity index (χ1n) is 17.3. The molecule has 312 valence electrons. The van der Waals surface area contributed by atoms with Crippen molar-refractivity contribution in [2.45, 2.75) is 55.0 Å². The minimum Gasteiger partial charge on any atom is -0.508 e. The number of anilines is 1. The molecule has 21 nitrogen and oxygen atoms in total. The van der Waals surface area contributed by atoms with Gasteiger partial charge in [0, 0.05) is 18.0 Å². The number of carbonyl (C=O) groups is 1. The summed E-state index contributed by atoms with van der Waals surface area (Å²) in [6.45, 7) is -6.50. The third-order valence-electron chi connectivity index (χ3n) is 9.25. The van der Waals surface area contributed by atoms with E-state index in [9.17, 15) is 33.5 Å². The van der Waals surface area contributed by atoms with Crippen molar-refractivity contribution < 1.29 is 65.0 Å². The van der Waals surface area contributed by atoms with Gasteiger partial charge >= 0.3 is 26.3 Å². The van der Waals surface area contributed by atoms with Crippen LogP contribution in [0.4, 0.5) is 14.6 Å². The van der Waals surface area contributed by atoms with Crippen LogP contribution in [0.5, 0.6) is 11.5 Å². The minimum absolute atomic E-state index is 0.0223. The summed E-state index contributed by atoms with van der Waals surface area (Å²) in [4.78, 5) is 61.8. The van der Waals surface area contributed by atoms with E-state index in [1.807, 2.05) is 4.98 Å². The van der Waals surface area contributed by atoms with E-state index in [4.69, 9.17) is 38.0 Å². The van der Waals surface area contributed by atoms with E-state index in [0.717, 1.165) is 29.5 Å². The zero-order chi connectivity index (χ0) is 41.6. The third-order valence-corrected chi connectivity index (χ3v) is 13.9. The number of alkyl halides is 2. The number of phenols is 1. The number of nitrogen functional groups attached to an aromatic ring is 1. The topological polar surface area (TPSA) is 281 Å². The molecule has 8 rings (SSSR count). The highest BCUT2D eigenvalue weighted by atomic mass is 32.7. The summed E-state index contributed by atoms with van der Waals surface area (Å²) in [6.07, 6.45) is -11.9. The fraction of sp³-hybridized carbons (Fsp3) is 0.333. The number of ether oxygens (including phenoxy) is 3. The van der Waals surface area contributed by atoms with Gasteiger partial charge in [-0.1, -0.05) is 12.1 Å². The number of phenolic OH excluding ortho intramolecular Hbond substituents is 1. The number of aromatic amines is 1. The molecule has 2 bridgehead atoms. The minimum atomic E-state index is -5.31. The number of carbonyl (C=O) groups excluding carboxylic acids is 1. The highest BCUT2D eigenvalue weighted by Crippen LogP contribution is 2.65. The van der Waals surface area contributed by atoms with Crippen molar-refractivity contribution in [3.05, 3.63) is 105 Å². The number of phosphoric ester groups is 1. The summed E-state index contributed by atoms with van der Waals surface area (Å²) in [5.74, 6) is -0.746. The van der Waals surface area contributed by atoms with Gasteiger partial charge in [-0.25, -0.2) is 42.5 Å². The molecular formula is C33H31F2N7O14P2S. The van der Waals surface area contributed by atoms with E-state index in [2.05, 4.69) is 15.0 Å². The molecule has 2 aromatic carbocycles. The van der Waals surface area contributed by atoms with Crippen LogP contribution in [0.15, 0.2) is 83.0 Å². The number of fused-ring (bicyclic) bond motifs is 4. The van der Waals surface area contributed by atoms with Gasteiger partial charge in [-0.15, -0.1) is 0 Å². The molecular weight excluding hydrogens is 850 g/mol. The number of rotatable bonds is 7. The van der Waals surface area contributed by atoms with Crippen LogP contribution in [0.3, 0.4) is 0 Å². The van der Waals surface area contributed by atoms with Crippen LogP contribution >= 0.6 is 26.0 Å². The largest absolute Gasteiger partial charge is 0.508 e. The lowest BCUT2D eigenvalue weighted by molar-refractivity contribution is -0.0652. The van der Waals surface area contributed by atoms with Crippen LogP contribution in [-0.2, 0) is 42.5 Å². The molecule has 0 saturated carbocycles. The summed E-state index contributed by atoms with van der Waals surface area (Å²) in [5, 5.41) is 9.49. The maximum atomic E-state index is 16.7. The first kappa shape index (κ1) is 40.9. The standard InChI is InChI=1S/C33H31F2N7O14P2S/c34-23-20-11-51-58(49,59-13-16-1-7-19(8-2-16)52-32(45)17-3-5-18(43)6-4-17)56-26-21(54-30(24(26)35)42-15-39-25-28(36)37-14-38-29(25)42)12-50-57(47,48)55-27(23)31(53-20)41-10-9-22(44)40-33(41)46/h1-10,14-15,20-21,23-24,26-27,30-31,43H,11-13H2,(H,47,48)(H2,36,37,38)(H,40,44,46)/t20-,21-,23-,24-,26-,27-,30-,31?,58?/m1/s1. The van der Waals surface area contributed by atoms with Gasteiger partial charge < -0.3 is 29.9 Å². The number of esters is 1. The average molecular weight is 882 g/mol. The van der Waals surface area contributed by atoms with Crippen molar-refractivity contribution in [1.29, 1.82) is 0 Å². The maximum absolute atomic E-state index is 16.7. The van der Waals surface area contributed by atoms with E-state index in [0.29, 0.717) is 21.5 Å². The number of hydrogen-bond acceptors (Lipinski definition) is 18. The first-order chi connectivity index (χ1) is 28.2. The van der Waals surface area contributed by atoms with Gasteiger partial charge in [-0.3, -0.25) is 37.0 Å². The monoisotopic (exact) mass is 881 g/mol. The van der Waals surface area contributed by atoms with E-state index in [1.54, 1.807) is 0 Å². The lowest BCUT2D eigenvalue weighted by Crippen LogP contribution is -2.37. The second-order valence-electron chi connectivity index (χ2n) is 13.1. The van der Waals surface area contributed by atoms with Crippen LogP contribution in [0.2, 0.25) is 0 Å². The zero-order valence-corrected chi connectivity index (χ0v) is 32.4. The second kappa shape index (κ2) is 16.3. The van der Waals surface area contributed by atoms with Gasteiger partial charge in [-0.2, -0.15) is 0 Å². The second-order valence-corrected chi connectivity index (χ2v) is 18.6. The van der Waals surface area contributed by atoms with Crippen LogP contribution < -0.4 is 21.7 Å². The summed E-state index contributed by atoms with van der Waals surface area (Å²) in [5.41, 5.74) is 4.85. The summed E-state index contributed by atoms with van der Waals surface area (Å²) >= 11 is 0.561. The number of nitrogens with one attached hydrogen (secondary N) is 1. The molecule has 3 fully saturated rings. The molecule has 10 atom stereocenters. The molecule has 3 aliphatic heterocycles. The highest BCUT2D eigenvalue weighted by Gasteiger charge is 2.55. The molecule has 0 aliphatic carbocycles. The van der Waals surface area contributed by atoms with Crippen LogP contribution in [0.25, 0.3) is 11.2 Å². The van der Waals surface area contributed by atoms with Crippen molar-refractivity contribution >= 4 is 49.0 Å². The number of H-pyrrole nitrogens is 1. The lowest BCUT2D eigenvalue weighted by Gasteiger charge is -2.27. The number of aromatic hydroxyl groups is 1. The van der Waals surface area contributed by atoms with Gasteiger partial charge in [0.2, 0.25) is 0 Å². The Morgan fingerprint density at radius 2 is 1.64 bits per heavy atom. The van der Waals surface area contributed by atoms with Crippen LogP contribution in [0, 0.1) is 0 Å². The molecule has 0 amide bonds. The van der Waals surface area contributed by atoms with Crippen molar-refractivity contribution in [2.24, 2.45) is 0 Å². The molecule has 26 heteroatoms. The van der Waals surface area contributed by atoms with Crippen molar-refractivity contribution in [3.63, 3.8) is 0 Å². The number of nitrogens with zero attached hydrogens (tertiary/aromatic N) is 5. The Hall–Kier alpha value is -4.87. The summed E-state index contributed by atoms with van der Waals surface area (Å²) in [7, 11) is -5.31. The molecule has 5 aromatic rings. The molecule has 59 heavy (non-hydrogen) atoms. The van der Waals surface area contributed by atoms with E-state index < -0.39 is 94.3 Å². The molecule has 3 aromatic heterocycles. The zero-order valence-electron chi connectivity index (χ0n) is 29.8. The van der Waals surface area contributed by atoms with Crippen molar-refractivity contribution in [1.82, 2.24) is 29.1 Å². The van der Waals surface area contributed by atoms with E-state index in [-0.39, 0.29) is 39.8 Å². The van der Waals surface area contributed by atoms with Gasteiger partial charge in [0.05, 0.1) is 25.1 Å². The molecule has 6 heterocycles. The Balaban J connectivity index is 1.08. The van der Waals surface area contributed by atoms with Crippen molar-refractivity contribution in [2.75, 3.05) is 18.9 Å². The van der Waals surface area contributed by atoms with Gasteiger partial charge in [0.1, 0.15) is 47.8 Å². The fourth-order valence-corrected chi connectivity index (χ4v) is 10.7. The number of nitrogens with two attached hydrogens (primary N) is 1. The van der Waals surface area contributed by atoms with Crippen LogP contribution in [0.1, 0.15) is 28.4 Å². The number of imidazole rings is 1. The predicted molar refractivity (Wildman–Crippen MR) is 199 cm³/mol. The SMILES string of the molecule is Nc1ncnc2c1ncn2[C@@H]1O[C@@H]2COP(=O)(O)O[C@H]3C(n4ccc(=O)[nH]c4=O)O[C@H](COP(=O)(SCc4ccc(OC(=O)c5ccc(O)cc5)cc4)O[C@H]2[C@H]1F)[C@H]3F. The number of hydrogen-bond donors (Lipinski definition) is 4. The molecule has 0 radical (unpaired) electrons. The van der Waals surface area contributed by atoms with E-state index >= 15 is 8.78 Å². The quantitative estimate of drug-likeness (QED) is 0.104. The van der Waals surface area contributed by atoms with Crippen LogP contribution in [-0.4, -0.2) is 95.0 Å². The first-order valence-corrected chi connectivity index (χ1v) is 22.0. The molecule has 3 aliphatic rings. The number of aromatic nitrogens is 6. The number of benzene rings is 2. The Labute approximate surface area is 333 Å². The van der Waals surface area contributed by atoms with Crippen molar-refractivity contribution in [3.8, 4) is 11.5 Å². The Kier molecular flexibility index (Phi) is 11.3. The normalized spacial score (nSPS) is 31.2. The van der Waals surface area contributed by atoms with Gasteiger partial charge in [0.25, 0.3) is 5.56 Å². The fourth-order valence-electron chi connectivity index (χ4n) is 6.36. The molecule has 0 spiro atoms. The Morgan fingerprint density at radius 1 is 0.915 bits per heavy atom. The Bertz CT molecular complexity index is 2590. The summed E-state index contributed by atoms with van der Waals surface area (Å²) < 4.78 is 102. The number of halogens is 2. The third kappa shape index (κ3) is 8.59. The number of phosphoric acid groups is 1. The Morgan fingerprint density at radius 3 is 2.39 bits per heavy atom. The smallest absolute Gasteiger partial charge is 0.472 e. The van der Waals surface area contributed by atoms with Gasteiger partial charge in [0.15, 0.2) is 36.3 Å². The maximum Gasteiger partial charge on any atom is 0.472 e. The molecule has 5 N–H and O–H groups in total. The summed E-state index contributed by atoms with van der Waals surface area (Å²) in [6, 6.07) is 12.3. The average Bonchev–Trinajstić information content (AvgIpc) is 3.86. The lowest BCUT2D eigenvalue weighted by atomic mass is 10.1. The van der Waals surface area contributed by atoms with E-state index in [1.165, 1.54) is 48.5 Å². The molecule has 3 saturated heterocycles. The molecule has 3 unspecified atom stereocenters. The van der Waals surface area contributed by atoms with Gasteiger partial charge in [-0.05, 0) is 53.3 Å². The highest BCUT2D eigenvalue weighted by molar-refractivity contribution is 8.54.